The first kappa shape index (κ1) is 13.5. The monoisotopic (exact) mass is 321 g/mol. The Hall–Kier alpha value is -0.880. The van der Waals surface area contributed by atoms with Crippen molar-refractivity contribution in [3.8, 4) is 0 Å². The number of halogens is 3. The summed E-state index contributed by atoms with van der Waals surface area (Å²) in [6, 6.07) is 1.40. The molecular weight excluding hydrogens is 317 g/mol. The first-order valence-corrected chi connectivity index (χ1v) is 6.73. The van der Waals surface area contributed by atoms with Crippen LogP contribution < -0.4 is 5.32 Å². The predicted molar refractivity (Wildman–Crippen MR) is 74.1 cm³/mol. The summed E-state index contributed by atoms with van der Waals surface area (Å²) in [5, 5.41) is 4.91. The molecule has 8 heteroatoms. The van der Waals surface area contributed by atoms with Crippen LogP contribution in [-0.4, -0.2) is 15.9 Å². The van der Waals surface area contributed by atoms with Crippen LogP contribution in [-0.2, 0) is 0 Å². The first-order chi connectivity index (χ1) is 8.47. The normalized spacial score (nSPS) is 10.4. The van der Waals surface area contributed by atoms with Gasteiger partial charge < -0.3 is 5.32 Å². The van der Waals surface area contributed by atoms with Crippen molar-refractivity contribution < 1.29 is 4.79 Å². The number of aryl methyl sites for hydroxylation is 1. The van der Waals surface area contributed by atoms with E-state index in [1.165, 1.54) is 17.4 Å². The number of nitrogens with one attached hydrogen (secondary N) is 1. The lowest BCUT2D eigenvalue weighted by molar-refractivity contribution is 0.103. The van der Waals surface area contributed by atoms with Crippen molar-refractivity contribution in [2.75, 3.05) is 5.32 Å². The third-order valence-corrected chi connectivity index (χ3v) is 4.07. The number of amides is 1. The number of anilines is 1. The zero-order chi connectivity index (χ0) is 13.3. The molecule has 0 aromatic carbocycles. The molecule has 4 nitrogen and oxygen atoms in total. The second-order valence-electron chi connectivity index (χ2n) is 3.36. The number of hydrogen-bond donors (Lipinski definition) is 1. The van der Waals surface area contributed by atoms with Crippen LogP contribution in [0.1, 0.15) is 15.2 Å². The Bertz CT molecular complexity index is 594. The van der Waals surface area contributed by atoms with Crippen LogP contribution in [0.25, 0.3) is 0 Å². The van der Waals surface area contributed by atoms with Gasteiger partial charge >= 0.3 is 0 Å². The fourth-order valence-electron chi connectivity index (χ4n) is 1.21. The molecule has 2 aromatic rings. The average molecular weight is 323 g/mol. The van der Waals surface area contributed by atoms with Crippen LogP contribution in [0.2, 0.25) is 15.5 Å². The molecule has 0 aliphatic rings. The lowest BCUT2D eigenvalue weighted by atomic mass is 10.3. The van der Waals surface area contributed by atoms with Crippen molar-refractivity contribution in [3.63, 3.8) is 0 Å². The number of carbonyl (C=O) groups is 1. The minimum atomic E-state index is -0.357. The summed E-state index contributed by atoms with van der Waals surface area (Å²) in [4.78, 5) is 19.9. The summed E-state index contributed by atoms with van der Waals surface area (Å²) >= 11 is 18.6. The van der Waals surface area contributed by atoms with Gasteiger partial charge in [-0.1, -0.05) is 23.2 Å². The van der Waals surface area contributed by atoms with Gasteiger partial charge in [-0.3, -0.25) is 4.79 Å². The predicted octanol–water partition coefficient (Wildman–Crippen LogP) is 4.06. The lowest BCUT2D eigenvalue weighted by Crippen LogP contribution is -2.12. The number of carbonyl (C=O) groups excluding carboxylic acids is 1. The summed E-state index contributed by atoms with van der Waals surface area (Å²) in [7, 11) is 0. The largest absolute Gasteiger partial charge is 0.306 e. The second kappa shape index (κ2) is 5.40. The SMILES string of the molecule is Cc1csc(C(=O)Nc2cc(Cl)nc(Cl)n2)c1Cl. The number of rotatable bonds is 2. The molecule has 0 bridgehead atoms. The van der Waals surface area contributed by atoms with E-state index in [1.54, 1.807) is 5.38 Å². The highest BCUT2D eigenvalue weighted by atomic mass is 35.5. The fraction of sp³-hybridized carbons (Fsp3) is 0.100. The van der Waals surface area contributed by atoms with Crippen molar-refractivity contribution >= 4 is 57.9 Å². The quantitative estimate of drug-likeness (QED) is 0.670. The summed E-state index contributed by atoms with van der Waals surface area (Å²) in [6.07, 6.45) is 0. The van der Waals surface area contributed by atoms with E-state index in [0.717, 1.165) is 5.56 Å². The van der Waals surface area contributed by atoms with Crippen LogP contribution in [0.5, 0.6) is 0 Å². The maximum Gasteiger partial charge on any atom is 0.268 e. The molecule has 0 spiro atoms. The summed E-state index contributed by atoms with van der Waals surface area (Å²) in [6.45, 7) is 1.83. The van der Waals surface area contributed by atoms with E-state index in [4.69, 9.17) is 34.8 Å². The van der Waals surface area contributed by atoms with Crippen molar-refractivity contribution in [1.29, 1.82) is 0 Å². The Balaban J connectivity index is 2.24. The fourth-order valence-corrected chi connectivity index (χ4v) is 2.79. The molecule has 0 atom stereocenters. The Morgan fingerprint density at radius 1 is 1.33 bits per heavy atom. The molecule has 0 unspecified atom stereocenters. The van der Waals surface area contributed by atoms with Crippen molar-refractivity contribution in [1.82, 2.24) is 9.97 Å². The van der Waals surface area contributed by atoms with E-state index in [1.807, 2.05) is 6.92 Å². The van der Waals surface area contributed by atoms with Gasteiger partial charge in [0.1, 0.15) is 15.8 Å². The Kier molecular flexibility index (Phi) is 4.07. The summed E-state index contributed by atoms with van der Waals surface area (Å²) in [5.74, 6) is -0.129. The van der Waals surface area contributed by atoms with Gasteiger partial charge in [0.25, 0.3) is 5.91 Å². The smallest absolute Gasteiger partial charge is 0.268 e. The molecule has 0 fully saturated rings. The molecule has 1 amide bonds. The molecule has 18 heavy (non-hydrogen) atoms. The number of hydrogen-bond acceptors (Lipinski definition) is 4. The topological polar surface area (TPSA) is 54.9 Å². The molecule has 2 heterocycles. The Labute approximate surface area is 122 Å². The van der Waals surface area contributed by atoms with E-state index in [9.17, 15) is 4.79 Å². The van der Waals surface area contributed by atoms with Gasteiger partial charge in [-0.25, -0.2) is 9.97 Å². The van der Waals surface area contributed by atoms with E-state index in [0.29, 0.717) is 9.90 Å². The molecule has 94 valence electrons. The third-order valence-electron chi connectivity index (χ3n) is 2.01. The molecule has 0 radical (unpaired) electrons. The minimum absolute atomic E-state index is 0.0359. The van der Waals surface area contributed by atoms with Crippen LogP contribution in [0.4, 0.5) is 5.82 Å². The van der Waals surface area contributed by atoms with Crippen molar-refractivity contribution in [2.24, 2.45) is 0 Å². The van der Waals surface area contributed by atoms with Crippen LogP contribution in [0.3, 0.4) is 0 Å². The van der Waals surface area contributed by atoms with Gasteiger partial charge in [0.05, 0.1) is 5.02 Å². The first-order valence-electron chi connectivity index (χ1n) is 4.72. The van der Waals surface area contributed by atoms with E-state index < -0.39 is 0 Å². The van der Waals surface area contributed by atoms with E-state index in [-0.39, 0.29) is 22.2 Å². The molecule has 0 saturated carbocycles. The van der Waals surface area contributed by atoms with Crippen LogP contribution in [0, 0.1) is 6.92 Å². The van der Waals surface area contributed by atoms with Gasteiger partial charge in [-0.15, -0.1) is 11.3 Å². The molecule has 0 aliphatic heterocycles. The zero-order valence-corrected chi connectivity index (χ0v) is 12.1. The highest BCUT2D eigenvalue weighted by Gasteiger charge is 2.15. The van der Waals surface area contributed by atoms with E-state index >= 15 is 0 Å². The highest BCUT2D eigenvalue weighted by Crippen LogP contribution is 2.28. The zero-order valence-electron chi connectivity index (χ0n) is 9.00. The van der Waals surface area contributed by atoms with Gasteiger partial charge in [-0.2, -0.15) is 0 Å². The van der Waals surface area contributed by atoms with Gasteiger partial charge in [-0.05, 0) is 29.5 Å². The van der Waals surface area contributed by atoms with Gasteiger partial charge in [0, 0.05) is 6.07 Å². The maximum absolute atomic E-state index is 11.9. The summed E-state index contributed by atoms with van der Waals surface area (Å²) in [5.41, 5.74) is 0.852. The van der Waals surface area contributed by atoms with E-state index in [2.05, 4.69) is 15.3 Å². The average Bonchev–Trinajstić information content (AvgIpc) is 2.58. The molecule has 0 saturated heterocycles. The Morgan fingerprint density at radius 2 is 2.06 bits per heavy atom. The second-order valence-corrected chi connectivity index (χ2v) is 5.34. The lowest BCUT2D eigenvalue weighted by Gasteiger charge is -2.03. The number of thiophene rings is 1. The molecule has 2 aromatic heterocycles. The third kappa shape index (κ3) is 2.92. The van der Waals surface area contributed by atoms with Crippen LogP contribution >= 0.6 is 46.1 Å². The number of aromatic nitrogens is 2. The molecule has 1 N–H and O–H groups in total. The standard InChI is InChI=1S/C10H6Cl3N3OS/c1-4-3-18-8(7(4)12)9(17)15-6-2-5(11)14-10(13)16-6/h2-3H,1H3,(H,14,15,16,17). The maximum atomic E-state index is 11.9. The highest BCUT2D eigenvalue weighted by molar-refractivity contribution is 7.13. The van der Waals surface area contributed by atoms with Gasteiger partial charge in [0.15, 0.2) is 0 Å². The van der Waals surface area contributed by atoms with Gasteiger partial charge in [0.2, 0.25) is 5.28 Å². The van der Waals surface area contributed by atoms with Crippen LogP contribution in [0.15, 0.2) is 11.4 Å². The van der Waals surface area contributed by atoms with Crippen molar-refractivity contribution in [2.45, 2.75) is 6.92 Å². The summed E-state index contributed by atoms with van der Waals surface area (Å²) < 4.78 is 0. The molecule has 2 rings (SSSR count). The Morgan fingerprint density at radius 3 is 2.61 bits per heavy atom. The minimum Gasteiger partial charge on any atom is -0.306 e. The number of nitrogens with zero attached hydrogens (tertiary/aromatic N) is 2. The molecule has 0 aliphatic carbocycles. The van der Waals surface area contributed by atoms with Crippen molar-refractivity contribution in [3.05, 3.63) is 37.3 Å². The molecular formula is C10H6Cl3N3OS.